The van der Waals surface area contributed by atoms with Crippen molar-refractivity contribution in [2.45, 2.75) is 51.9 Å². The van der Waals surface area contributed by atoms with Gasteiger partial charge >= 0.3 is 0 Å². The van der Waals surface area contributed by atoms with Crippen molar-refractivity contribution in [1.82, 2.24) is 10.6 Å². The molecule has 1 aromatic carbocycles. The second-order valence-electron chi connectivity index (χ2n) is 6.92. The van der Waals surface area contributed by atoms with E-state index in [2.05, 4.69) is 55.7 Å². The van der Waals surface area contributed by atoms with Gasteiger partial charge in [-0.2, -0.15) is 0 Å². The van der Waals surface area contributed by atoms with Crippen molar-refractivity contribution < 1.29 is 4.79 Å². The van der Waals surface area contributed by atoms with Crippen molar-refractivity contribution in [3.8, 4) is 0 Å². The first-order chi connectivity index (χ1) is 10.6. The number of benzene rings is 1. The van der Waals surface area contributed by atoms with E-state index in [0.29, 0.717) is 12.3 Å². The standard InChI is InChI=1S/C19H30N2O/c1-14(2)17-4-6-18(7-5-17)15(3)12-19(22)21-11-9-16-8-10-20-13-16/h4-7,14-16,20H,8-13H2,1-3H3,(H,21,22). The van der Waals surface area contributed by atoms with E-state index < -0.39 is 0 Å². The maximum absolute atomic E-state index is 12.0. The highest BCUT2D eigenvalue weighted by molar-refractivity contribution is 5.76. The molecule has 2 atom stereocenters. The fourth-order valence-electron chi connectivity index (χ4n) is 3.05. The summed E-state index contributed by atoms with van der Waals surface area (Å²) in [5.74, 6) is 1.74. The van der Waals surface area contributed by atoms with Crippen LogP contribution in [0, 0.1) is 5.92 Å². The Kier molecular flexibility index (Phi) is 6.44. The molecule has 0 aromatic heterocycles. The fraction of sp³-hybridized carbons (Fsp3) is 0.632. The van der Waals surface area contributed by atoms with Crippen LogP contribution in [0.25, 0.3) is 0 Å². The lowest BCUT2D eigenvalue weighted by Crippen LogP contribution is -2.27. The van der Waals surface area contributed by atoms with Gasteiger partial charge in [0.2, 0.25) is 5.91 Å². The monoisotopic (exact) mass is 302 g/mol. The zero-order valence-electron chi connectivity index (χ0n) is 14.2. The van der Waals surface area contributed by atoms with Crippen LogP contribution < -0.4 is 10.6 Å². The minimum absolute atomic E-state index is 0.173. The minimum Gasteiger partial charge on any atom is -0.356 e. The van der Waals surface area contributed by atoms with Crippen molar-refractivity contribution in [2.75, 3.05) is 19.6 Å². The van der Waals surface area contributed by atoms with Crippen LogP contribution in [-0.4, -0.2) is 25.5 Å². The molecule has 3 heteroatoms. The maximum atomic E-state index is 12.0. The Balaban J connectivity index is 1.72. The molecule has 0 aliphatic carbocycles. The van der Waals surface area contributed by atoms with Crippen LogP contribution in [-0.2, 0) is 4.79 Å². The summed E-state index contributed by atoms with van der Waals surface area (Å²) in [5.41, 5.74) is 2.60. The van der Waals surface area contributed by atoms with Crippen molar-refractivity contribution in [3.05, 3.63) is 35.4 Å². The molecule has 0 saturated carbocycles. The predicted molar refractivity (Wildman–Crippen MR) is 92.2 cm³/mol. The Hall–Kier alpha value is -1.35. The average molecular weight is 302 g/mol. The fourth-order valence-corrected chi connectivity index (χ4v) is 3.05. The van der Waals surface area contributed by atoms with Gasteiger partial charge in [-0.1, -0.05) is 45.0 Å². The van der Waals surface area contributed by atoms with Gasteiger partial charge in [0.15, 0.2) is 0 Å². The van der Waals surface area contributed by atoms with E-state index in [-0.39, 0.29) is 11.8 Å². The van der Waals surface area contributed by atoms with Gasteiger partial charge in [-0.05, 0) is 54.8 Å². The quantitative estimate of drug-likeness (QED) is 0.810. The average Bonchev–Trinajstić information content (AvgIpc) is 3.00. The summed E-state index contributed by atoms with van der Waals surface area (Å²) in [4.78, 5) is 12.0. The Morgan fingerprint density at radius 2 is 1.91 bits per heavy atom. The van der Waals surface area contributed by atoms with E-state index in [1.807, 2.05) is 0 Å². The number of carbonyl (C=O) groups is 1. The number of amides is 1. The molecule has 1 fully saturated rings. The second kappa shape index (κ2) is 8.33. The number of carbonyl (C=O) groups excluding carboxylic acids is 1. The minimum atomic E-state index is 0.173. The largest absolute Gasteiger partial charge is 0.356 e. The van der Waals surface area contributed by atoms with Crippen molar-refractivity contribution >= 4 is 5.91 Å². The molecule has 0 spiro atoms. The zero-order chi connectivity index (χ0) is 15.9. The van der Waals surface area contributed by atoms with Crippen LogP contribution >= 0.6 is 0 Å². The molecule has 1 heterocycles. The molecule has 1 aliphatic rings. The summed E-state index contributed by atoms with van der Waals surface area (Å²) in [6.45, 7) is 9.57. The summed E-state index contributed by atoms with van der Waals surface area (Å²) < 4.78 is 0. The summed E-state index contributed by atoms with van der Waals surface area (Å²) in [6.07, 6.45) is 2.91. The second-order valence-corrected chi connectivity index (χ2v) is 6.92. The van der Waals surface area contributed by atoms with Gasteiger partial charge in [0.25, 0.3) is 0 Å². The van der Waals surface area contributed by atoms with Crippen molar-refractivity contribution in [3.63, 3.8) is 0 Å². The third-order valence-corrected chi connectivity index (χ3v) is 4.70. The summed E-state index contributed by atoms with van der Waals surface area (Å²) >= 11 is 0. The van der Waals surface area contributed by atoms with Gasteiger partial charge in [-0.15, -0.1) is 0 Å². The molecule has 3 nitrogen and oxygen atoms in total. The molecule has 1 amide bonds. The molecule has 1 saturated heterocycles. The van der Waals surface area contributed by atoms with Crippen LogP contribution in [0.4, 0.5) is 0 Å². The number of nitrogens with one attached hydrogen (secondary N) is 2. The first-order valence-electron chi connectivity index (χ1n) is 8.63. The predicted octanol–water partition coefficient (Wildman–Crippen LogP) is 3.42. The van der Waals surface area contributed by atoms with E-state index in [1.54, 1.807) is 0 Å². The Morgan fingerprint density at radius 3 is 2.50 bits per heavy atom. The molecular formula is C19H30N2O. The molecule has 0 radical (unpaired) electrons. The van der Waals surface area contributed by atoms with Gasteiger partial charge in [0.1, 0.15) is 0 Å². The highest BCUT2D eigenvalue weighted by Crippen LogP contribution is 2.22. The van der Waals surface area contributed by atoms with E-state index in [1.165, 1.54) is 17.5 Å². The summed E-state index contributed by atoms with van der Waals surface area (Å²) in [5, 5.41) is 6.44. The summed E-state index contributed by atoms with van der Waals surface area (Å²) in [6, 6.07) is 8.69. The normalized spacial score (nSPS) is 19.4. The van der Waals surface area contributed by atoms with Crippen LogP contribution in [0.2, 0.25) is 0 Å². The third-order valence-electron chi connectivity index (χ3n) is 4.70. The molecule has 122 valence electrons. The van der Waals surface area contributed by atoms with Gasteiger partial charge in [0.05, 0.1) is 0 Å². The van der Waals surface area contributed by atoms with Crippen LogP contribution in [0.15, 0.2) is 24.3 Å². The van der Waals surface area contributed by atoms with Gasteiger partial charge in [-0.25, -0.2) is 0 Å². The lowest BCUT2D eigenvalue weighted by Gasteiger charge is -2.14. The molecule has 1 aliphatic heterocycles. The first kappa shape index (κ1) is 17.0. The van der Waals surface area contributed by atoms with E-state index in [4.69, 9.17) is 0 Å². The molecule has 2 N–H and O–H groups in total. The Bertz CT molecular complexity index is 461. The topological polar surface area (TPSA) is 41.1 Å². The number of hydrogen-bond acceptors (Lipinski definition) is 2. The Labute approximate surface area is 134 Å². The van der Waals surface area contributed by atoms with Crippen LogP contribution in [0.1, 0.15) is 63.0 Å². The highest BCUT2D eigenvalue weighted by atomic mass is 16.1. The number of rotatable bonds is 7. The molecule has 2 unspecified atom stereocenters. The van der Waals surface area contributed by atoms with E-state index >= 15 is 0 Å². The molecule has 22 heavy (non-hydrogen) atoms. The highest BCUT2D eigenvalue weighted by Gasteiger charge is 2.15. The van der Waals surface area contributed by atoms with Gasteiger partial charge < -0.3 is 10.6 Å². The molecular weight excluding hydrogens is 272 g/mol. The maximum Gasteiger partial charge on any atom is 0.220 e. The van der Waals surface area contributed by atoms with Crippen molar-refractivity contribution in [2.24, 2.45) is 5.92 Å². The lowest BCUT2D eigenvalue weighted by atomic mass is 9.94. The lowest BCUT2D eigenvalue weighted by molar-refractivity contribution is -0.121. The summed E-state index contributed by atoms with van der Waals surface area (Å²) in [7, 11) is 0. The van der Waals surface area contributed by atoms with E-state index in [9.17, 15) is 4.79 Å². The van der Waals surface area contributed by atoms with Crippen molar-refractivity contribution in [1.29, 1.82) is 0 Å². The smallest absolute Gasteiger partial charge is 0.220 e. The third kappa shape index (κ3) is 5.13. The van der Waals surface area contributed by atoms with Gasteiger partial charge in [0, 0.05) is 13.0 Å². The molecule has 1 aromatic rings. The number of hydrogen-bond donors (Lipinski definition) is 2. The Morgan fingerprint density at radius 1 is 1.23 bits per heavy atom. The molecule has 0 bridgehead atoms. The van der Waals surface area contributed by atoms with Crippen LogP contribution in [0.3, 0.4) is 0 Å². The molecule has 2 rings (SSSR count). The SMILES string of the molecule is CC(C)c1ccc(C(C)CC(=O)NCCC2CCNC2)cc1. The van der Waals surface area contributed by atoms with Crippen LogP contribution in [0.5, 0.6) is 0 Å². The first-order valence-corrected chi connectivity index (χ1v) is 8.63. The van der Waals surface area contributed by atoms with Gasteiger partial charge in [-0.3, -0.25) is 4.79 Å². The zero-order valence-corrected chi connectivity index (χ0v) is 14.2. The van der Waals surface area contributed by atoms with E-state index in [0.717, 1.165) is 32.0 Å².